The molecule has 0 bridgehead atoms. The largest absolute Gasteiger partial charge is 0.481 e. The summed E-state index contributed by atoms with van der Waals surface area (Å²) in [5.41, 5.74) is 18.4. The van der Waals surface area contributed by atoms with Crippen LogP contribution < -0.4 is 70.4 Å². The van der Waals surface area contributed by atoms with Crippen molar-refractivity contribution >= 4 is 93.8 Å². The summed E-state index contributed by atoms with van der Waals surface area (Å²) in [5, 5.41) is 55.7. The Kier molecular flexibility index (Phi) is 38.5. The summed E-state index contributed by atoms with van der Waals surface area (Å²) in [5.74, 6) is -14.6. The van der Waals surface area contributed by atoms with Crippen molar-refractivity contribution in [3.05, 3.63) is 36.0 Å². The van der Waals surface area contributed by atoms with E-state index >= 15 is 0 Å². The predicted octanol–water partition coefficient (Wildman–Crippen LogP) is 1.13. The zero-order valence-corrected chi connectivity index (χ0v) is 58.5. The number of aliphatic carboxylic acids is 3. The summed E-state index contributed by atoms with van der Waals surface area (Å²) in [6, 6.07) is -6.77. The van der Waals surface area contributed by atoms with Crippen LogP contribution in [-0.4, -0.2) is 177 Å². The maximum Gasteiger partial charge on any atom is 0.303 e. The number of carbonyl (C=O) groups is 14. The molecule has 31 nitrogen and oxygen atoms in total. The number of hydrogen-bond donors (Lipinski definition) is 17. The molecule has 10 atom stereocenters. The second kappa shape index (κ2) is 44.2. The summed E-state index contributed by atoms with van der Waals surface area (Å²) in [4.78, 5) is 193. The summed E-state index contributed by atoms with van der Waals surface area (Å²) >= 11 is 0. The molecule has 0 aliphatic carbocycles. The van der Waals surface area contributed by atoms with E-state index in [1.807, 2.05) is 13.8 Å². The molecule has 1 heterocycles. The molecular weight excluding hydrogens is 1270 g/mol. The maximum absolute atomic E-state index is 14.7. The van der Waals surface area contributed by atoms with E-state index in [0.29, 0.717) is 42.3 Å². The van der Waals surface area contributed by atoms with E-state index in [2.05, 4.69) is 58.2 Å². The molecule has 1 aromatic heterocycles. The molecule has 2 aromatic rings. The maximum atomic E-state index is 14.7. The highest BCUT2D eigenvalue weighted by molar-refractivity contribution is 5.99. The van der Waals surface area contributed by atoms with Crippen LogP contribution in [-0.2, 0) is 73.5 Å². The monoisotopic (exact) mass is 1380 g/mol. The number of benzene rings is 1. The molecular formula is C67H110N14O17. The summed E-state index contributed by atoms with van der Waals surface area (Å²) < 4.78 is 0. The van der Waals surface area contributed by atoms with Gasteiger partial charge in [-0.2, -0.15) is 0 Å². The topological polar surface area (TPSA) is 514 Å². The fourth-order valence-corrected chi connectivity index (χ4v) is 10.8. The Morgan fingerprint density at radius 3 is 1.01 bits per heavy atom. The highest BCUT2D eigenvalue weighted by Crippen LogP contribution is 2.21. The number of fused-ring (bicyclic) bond motifs is 1. The normalized spacial score (nSPS) is 14.5. The van der Waals surface area contributed by atoms with Gasteiger partial charge in [0.1, 0.15) is 60.4 Å². The average molecular weight is 1380 g/mol. The lowest BCUT2D eigenvalue weighted by molar-refractivity contribution is -0.139. The molecule has 0 unspecified atom stereocenters. The van der Waals surface area contributed by atoms with Crippen LogP contribution in [0.3, 0.4) is 0 Å². The van der Waals surface area contributed by atoms with Crippen LogP contribution in [0.4, 0.5) is 0 Å². The number of H-pyrrole nitrogens is 1. The van der Waals surface area contributed by atoms with Crippen molar-refractivity contribution in [1.82, 2.24) is 58.2 Å². The molecule has 0 spiro atoms. The third-order valence-corrected chi connectivity index (χ3v) is 15.8. The van der Waals surface area contributed by atoms with Crippen molar-refractivity contribution in [2.75, 3.05) is 13.1 Å². The minimum absolute atomic E-state index is 0.00693. The van der Waals surface area contributed by atoms with Gasteiger partial charge in [0.2, 0.25) is 65.0 Å². The van der Waals surface area contributed by atoms with Gasteiger partial charge in [0.25, 0.3) is 0 Å². The van der Waals surface area contributed by atoms with Gasteiger partial charge in [-0.15, -0.1) is 0 Å². The van der Waals surface area contributed by atoms with Gasteiger partial charge in [0, 0.05) is 42.8 Å². The number of primary amides is 1. The van der Waals surface area contributed by atoms with Crippen LogP contribution >= 0.6 is 0 Å². The Bertz CT molecular complexity index is 2990. The molecule has 0 saturated carbocycles. The Labute approximate surface area is 573 Å². The number of hydrogen-bond acceptors (Lipinski definition) is 16. The Hall–Kier alpha value is -8.74. The second-order valence-electron chi connectivity index (χ2n) is 27.1. The molecule has 0 saturated heterocycles. The van der Waals surface area contributed by atoms with E-state index < -0.39 is 182 Å². The number of nitrogens with two attached hydrogens (primary N) is 3. The number of carbonyl (C=O) groups excluding carboxylic acids is 11. The lowest BCUT2D eigenvalue weighted by Gasteiger charge is -2.29. The van der Waals surface area contributed by atoms with Crippen molar-refractivity contribution in [3.8, 4) is 0 Å². The van der Waals surface area contributed by atoms with Gasteiger partial charge in [0.05, 0.1) is 6.42 Å². The summed E-state index contributed by atoms with van der Waals surface area (Å²) in [6.07, 6.45) is 0.107. The van der Waals surface area contributed by atoms with Crippen molar-refractivity contribution in [2.24, 2.45) is 46.8 Å². The van der Waals surface area contributed by atoms with Gasteiger partial charge in [-0.05, 0) is 138 Å². The van der Waals surface area contributed by atoms with Crippen molar-refractivity contribution < 1.29 is 82.4 Å². The van der Waals surface area contributed by atoms with Crippen molar-refractivity contribution in [1.29, 1.82) is 0 Å². The first-order valence-corrected chi connectivity index (χ1v) is 34.0. The SMILES string of the molecule is CC(C)C[C@H](NC(=O)CCC(=O)O)C(=O)N[C@@H](CC(C)C)C(=O)N[C@@H](CCC(=O)O)C(=O)N[C@@H](CCCCN)C(=O)N[C@@H](CC(C)C)C(=O)N[C@@H](CC(C)C)C(=O)N[C@@H](CCC(=O)O)C(=O)N[C@@H](Cc1c[nH]c2ccccc12)C(=O)N[C@@H](CC(C)C)C(=O)N[C@@H](CCCCN)C(N)=O. The molecule has 0 aliphatic rings. The Balaban J connectivity index is 2.58. The first-order valence-electron chi connectivity index (χ1n) is 34.0. The number of para-hydroxylation sites is 1. The van der Waals surface area contributed by atoms with E-state index in [-0.39, 0.29) is 93.9 Å². The van der Waals surface area contributed by atoms with Crippen LogP contribution in [0.25, 0.3) is 10.9 Å². The van der Waals surface area contributed by atoms with E-state index in [1.165, 1.54) is 0 Å². The van der Waals surface area contributed by atoms with E-state index in [1.54, 1.807) is 85.9 Å². The minimum Gasteiger partial charge on any atom is -0.481 e. The van der Waals surface area contributed by atoms with Gasteiger partial charge in [-0.3, -0.25) is 67.1 Å². The minimum atomic E-state index is -1.66. The van der Waals surface area contributed by atoms with Gasteiger partial charge < -0.3 is 90.7 Å². The smallest absolute Gasteiger partial charge is 0.303 e. The van der Waals surface area contributed by atoms with Gasteiger partial charge in [-0.25, -0.2) is 0 Å². The molecule has 2 rings (SSSR count). The van der Waals surface area contributed by atoms with Crippen LogP contribution in [0.1, 0.15) is 184 Å². The molecule has 20 N–H and O–H groups in total. The zero-order chi connectivity index (χ0) is 73.9. The fraction of sp³-hybridized carbons (Fsp3) is 0.672. The lowest BCUT2D eigenvalue weighted by Crippen LogP contribution is -2.61. The number of aromatic amines is 1. The van der Waals surface area contributed by atoms with Gasteiger partial charge in [-0.1, -0.05) is 87.4 Å². The first-order chi connectivity index (χ1) is 46.0. The van der Waals surface area contributed by atoms with Gasteiger partial charge in [0.15, 0.2) is 0 Å². The molecule has 11 amide bonds. The molecule has 0 fully saturated rings. The first kappa shape index (κ1) is 85.3. The lowest BCUT2D eigenvalue weighted by atomic mass is 9.98. The Morgan fingerprint density at radius 1 is 0.367 bits per heavy atom. The van der Waals surface area contributed by atoms with Gasteiger partial charge >= 0.3 is 17.9 Å². The number of aromatic nitrogens is 1. The molecule has 98 heavy (non-hydrogen) atoms. The standard InChI is InChI=1S/C67H110N14O17/c1-36(2)29-48(72-54(82)23-26-57(87)88)62(93)78-50(31-38(5)6)64(95)75-46(21-24-55(83)84)60(91)74-45(20-14-16-28-69)59(90)77-52(33-40(9)10)66(97)79-51(32-39(7)8)65(96)76-47(22-25-56(85)86)61(92)81-53(34-41-35-71-43-18-12-11-17-42(41)43)67(98)80-49(30-37(3)4)63(94)73-44(58(70)89)19-13-15-27-68/h11-12,17-18,35-40,44-53,71H,13-16,19-34,68-69H2,1-10H3,(H2,70,89)(H,72,82)(H,73,94)(H,74,91)(H,75,95)(H,76,96)(H,77,90)(H,78,93)(H,79,97)(H,80,98)(H,81,92)(H,83,84)(H,85,86)(H,87,88)/t44-,45-,46-,47-,48-,49-,50-,51-,52-,53-/m0/s1. The second-order valence-corrected chi connectivity index (χ2v) is 27.1. The predicted molar refractivity (Wildman–Crippen MR) is 364 cm³/mol. The quantitative estimate of drug-likeness (QED) is 0.0413. The molecule has 31 heteroatoms. The van der Waals surface area contributed by atoms with Crippen LogP contribution in [0.2, 0.25) is 0 Å². The molecule has 550 valence electrons. The van der Waals surface area contributed by atoms with Crippen molar-refractivity contribution in [2.45, 2.75) is 245 Å². The van der Waals surface area contributed by atoms with E-state index in [4.69, 9.17) is 22.3 Å². The van der Waals surface area contributed by atoms with E-state index in [9.17, 15) is 77.3 Å². The van der Waals surface area contributed by atoms with E-state index in [0.717, 1.165) is 0 Å². The number of unbranched alkanes of at least 4 members (excludes halogenated alkanes) is 2. The van der Waals surface area contributed by atoms with Crippen LogP contribution in [0, 0.1) is 29.6 Å². The average Bonchev–Trinajstić information content (AvgIpc) is 1.59. The Morgan fingerprint density at radius 2 is 0.663 bits per heavy atom. The third kappa shape index (κ3) is 33.0. The number of carboxylic acid groups (broad SMARTS) is 3. The third-order valence-electron chi connectivity index (χ3n) is 15.8. The number of nitrogens with one attached hydrogen (secondary N) is 11. The highest BCUT2D eigenvalue weighted by Gasteiger charge is 2.37. The molecule has 0 aliphatic heterocycles. The fourth-order valence-electron chi connectivity index (χ4n) is 10.8. The number of amides is 11. The highest BCUT2D eigenvalue weighted by atomic mass is 16.4. The zero-order valence-electron chi connectivity index (χ0n) is 58.5. The van der Waals surface area contributed by atoms with Crippen LogP contribution in [0.15, 0.2) is 30.5 Å². The summed E-state index contributed by atoms with van der Waals surface area (Å²) in [7, 11) is 0. The summed E-state index contributed by atoms with van der Waals surface area (Å²) in [6.45, 7) is 18.2. The number of rotatable bonds is 49. The molecule has 0 radical (unpaired) electrons. The van der Waals surface area contributed by atoms with Crippen LogP contribution in [0.5, 0.6) is 0 Å². The molecule has 1 aromatic carbocycles. The van der Waals surface area contributed by atoms with Crippen molar-refractivity contribution in [3.63, 3.8) is 0 Å². The number of carboxylic acids is 3.